The summed E-state index contributed by atoms with van der Waals surface area (Å²) in [6.45, 7) is 3.65. The molecule has 2 aromatic carbocycles. The zero-order chi connectivity index (χ0) is 14.5. The SMILES string of the molecule is Nc1ccc(CCCN2CCC(c3ccccc3)C2)cc1. The molecule has 3 rings (SSSR count). The first kappa shape index (κ1) is 14.2. The summed E-state index contributed by atoms with van der Waals surface area (Å²) in [6.07, 6.45) is 3.67. The van der Waals surface area contributed by atoms with Gasteiger partial charge >= 0.3 is 0 Å². The maximum Gasteiger partial charge on any atom is 0.0314 e. The number of benzene rings is 2. The molecular weight excluding hydrogens is 256 g/mol. The monoisotopic (exact) mass is 280 g/mol. The summed E-state index contributed by atoms with van der Waals surface area (Å²) < 4.78 is 0. The lowest BCUT2D eigenvalue weighted by atomic mass is 9.99. The van der Waals surface area contributed by atoms with Crippen LogP contribution in [-0.4, -0.2) is 24.5 Å². The topological polar surface area (TPSA) is 29.3 Å². The molecule has 0 saturated carbocycles. The number of nitrogens with zero attached hydrogens (tertiary/aromatic N) is 1. The Kier molecular flexibility index (Phi) is 4.56. The van der Waals surface area contributed by atoms with Gasteiger partial charge in [-0.05, 0) is 61.5 Å². The highest BCUT2D eigenvalue weighted by molar-refractivity contribution is 5.39. The van der Waals surface area contributed by atoms with Gasteiger partial charge in [0.2, 0.25) is 0 Å². The molecule has 2 heteroatoms. The minimum absolute atomic E-state index is 0.725. The van der Waals surface area contributed by atoms with Gasteiger partial charge < -0.3 is 10.6 Å². The molecule has 0 aliphatic carbocycles. The molecule has 1 saturated heterocycles. The predicted octanol–water partition coefficient (Wildman–Crippen LogP) is 3.69. The number of aryl methyl sites for hydroxylation is 1. The van der Waals surface area contributed by atoms with E-state index in [9.17, 15) is 0 Å². The number of anilines is 1. The van der Waals surface area contributed by atoms with Gasteiger partial charge in [-0.3, -0.25) is 0 Å². The van der Waals surface area contributed by atoms with Gasteiger partial charge in [-0.2, -0.15) is 0 Å². The Hall–Kier alpha value is -1.80. The molecule has 1 aliphatic heterocycles. The number of hydrogen-bond donors (Lipinski definition) is 1. The van der Waals surface area contributed by atoms with Crippen LogP contribution in [-0.2, 0) is 6.42 Å². The summed E-state index contributed by atoms with van der Waals surface area (Å²) in [5.74, 6) is 0.725. The maximum atomic E-state index is 5.72. The van der Waals surface area contributed by atoms with Gasteiger partial charge in [-0.1, -0.05) is 42.5 Å². The fraction of sp³-hybridized carbons (Fsp3) is 0.368. The van der Waals surface area contributed by atoms with Crippen molar-refractivity contribution in [1.82, 2.24) is 4.90 Å². The molecule has 1 unspecified atom stereocenters. The lowest BCUT2D eigenvalue weighted by Gasteiger charge is -2.16. The molecule has 0 spiro atoms. The zero-order valence-electron chi connectivity index (χ0n) is 12.5. The van der Waals surface area contributed by atoms with Crippen LogP contribution in [0.1, 0.15) is 29.9 Å². The highest BCUT2D eigenvalue weighted by Gasteiger charge is 2.22. The first-order valence-corrected chi connectivity index (χ1v) is 7.93. The smallest absolute Gasteiger partial charge is 0.0314 e. The summed E-state index contributed by atoms with van der Waals surface area (Å²) in [5.41, 5.74) is 9.46. The van der Waals surface area contributed by atoms with Crippen LogP contribution in [0, 0.1) is 0 Å². The van der Waals surface area contributed by atoms with Crippen LogP contribution >= 0.6 is 0 Å². The van der Waals surface area contributed by atoms with Crippen molar-refractivity contribution in [3.05, 3.63) is 65.7 Å². The second-order valence-electron chi connectivity index (χ2n) is 6.04. The van der Waals surface area contributed by atoms with E-state index < -0.39 is 0 Å². The number of hydrogen-bond acceptors (Lipinski definition) is 2. The molecule has 1 atom stereocenters. The van der Waals surface area contributed by atoms with Crippen molar-refractivity contribution in [2.75, 3.05) is 25.4 Å². The zero-order valence-corrected chi connectivity index (χ0v) is 12.5. The summed E-state index contributed by atoms with van der Waals surface area (Å²) in [6, 6.07) is 19.2. The van der Waals surface area contributed by atoms with E-state index in [0.717, 1.165) is 18.0 Å². The van der Waals surface area contributed by atoms with Crippen LogP contribution in [0.2, 0.25) is 0 Å². The summed E-state index contributed by atoms with van der Waals surface area (Å²) in [4.78, 5) is 2.61. The average molecular weight is 280 g/mol. The fourth-order valence-corrected chi connectivity index (χ4v) is 3.22. The first-order valence-electron chi connectivity index (χ1n) is 7.93. The van der Waals surface area contributed by atoms with Crippen molar-refractivity contribution < 1.29 is 0 Å². The van der Waals surface area contributed by atoms with Crippen LogP contribution in [0.5, 0.6) is 0 Å². The predicted molar refractivity (Wildman–Crippen MR) is 89.4 cm³/mol. The summed E-state index contributed by atoms with van der Waals surface area (Å²) in [5, 5.41) is 0. The van der Waals surface area contributed by atoms with E-state index in [0.29, 0.717) is 0 Å². The first-order chi connectivity index (χ1) is 10.3. The van der Waals surface area contributed by atoms with E-state index >= 15 is 0 Å². The van der Waals surface area contributed by atoms with Crippen molar-refractivity contribution in [1.29, 1.82) is 0 Å². The van der Waals surface area contributed by atoms with Crippen molar-refractivity contribution in [3.8, 4) is 0 Å². The second-order valence-corrected chi connectivity index (χ2v) is 6.04. The molecule has 2 nitrogen and oxygen atoms in total. The highest BCUT2D eigenvalue weighted by atomic mass is 15.1. The van der Waals surface area contributed by atoms with Crippen molar-refractivity contribution in [3.63, 3.8) is 0 Å². The maximum absolute atomic E-state index is 5.72. The van der Waals surface area contributed by atoms with Crippen molar-refractivity contribution >= 4 is 5.69 Å². The average Bonchev–Trinajstić information content (AvgIpc) is 2.99. The molecular formula is C19H24N2. The van der Waals surface area contributed by atoms with Crippen molar-refractivity contribution in [2.45, 2.75) is 25.2 Å². The Balaban J connectivity index is 1.44. The van der Waals surface area contributed by atoms with Gasteiger partial charge in [0.05, 0.1) is 0 Å². The van der Waals surface area contributed by atoms with Crippen LogP contribution in [0.25, 0.3) is 0 Å². The molecule has 0 bridgehead atoms. The highest BCUT2D eigenvalue weighted by Crippen LogP contribution is 2.26. The summed E-state index contributed by atoms with van der Waals surface area (Å²) >= 11 is 0. The minimum Gasteiger partial charge on any atom is -0.399 e. The fourth-order valence-electron chi connectivity index (χ4n) is 3.22. The van der Waals surface area contributed by atoms with Crippen LogP contribution in [0.4, 0.5) is 5.69 Å². The van der Waals surface area contributed by atoms with Gasteiger partial charge in [-0.15, -0.1) is 0 Å². The normalized spacial score (nSPS) is 19.0. The standard InChI is InChI=1S/C19H24N2/c20-19-10-8-16(9-11-19)5-4-13-21-14-12-18(15-21)17-6-2-1-3-7-17/h1-3,6-11,18H,4-5,12-15,20H2. The van der Waals surface area contributed by atoms with Crippen LogP contribution in [0.15, 0.2) is 54.6 Å². The second kappa shape index (κ2) is 6.77. The number of nitrogens with two attached hydrogens (primary N) is 1. The van der Waals surface area contributed by atoms with Gasteiger partial charge in [0.1, 0.15) is 0 Å². The molecule has 1 heterocycles. The van der Waals surface area contributed by atoms with Crippen molar-refractivity contribution in [2.24, 2.45) is 0 Å². The Morgan fingerprint density at radius 2 is 1.76 bits per heavy atom. The molecule has 0 aromatic heterocycles. The molecule has 1 fully saturated rings. The lowest BCUT2D eigenvalue weighted by molar-refractivity contribution is 0.329. The van der Waals surface area contributed by atoms with E-state index in [2.05, 4.69) is 47.4 Å². The van der Waals surface area contributed by atoms with E-state index in [1.54, 1.807) is 0 Å². The quantitative estimate of drug-likeness (QED) is 0.846. The van der Waals surface area contributed by atoms with Crippen LogP contribution in [0.3, 0.4) is 0 Å². The minimum atomic E-state index is 0.725. The number of rotatable bonds is 5. The third-order valence-corrected chi connectivity index (χ3v) is 4.46. The van der Waals surface area contributed by atoms with E-state index in [-0.39, 0.29) is 0 Å². The third-order valence-electron chi connectivity index (χ3n) is 4.46. The molecule has 21 heavy (non-hydrogen) atoms. The molecule has 2 N–H and O–H groups in total. The Labute approximate surface area is 127 Å². The Morgan fingerprint density at radius 1 is 1.00 bits per heavy atom. The van der Waals surface area contributed by atoms with Gasteiger partial charge in [0.25, 0.3) is 0 Å². The third kappa shape index (κ3) is 3.85. The lowest BCUT2D eigenvalue weighted by Crippen LogP contribution is -2.22. The molecule has 110 valence electrons. The Morgan fingerprint density at radius 3 is 2.52 bits per heavy atom. The Bertz CT molecular complexity index is 548. The molecule has 2 aromatic rings. The van der Waals surface area contributed by atoms with E-state index in [1.807, 2.05) is 12.1 Å². The number of likely N-dealkylation sites (tertiary alicyclic amines) is 1. The van der Waals surface area contributed by atoms with E-state index in [1.165, 1.54) is 43.6 Å². The largest absolute Gasteiger partial charge is 0.399 e. The molecule has 0 radical (unpaired) electrons. The number of nitrogen functional groups attached to an aromatic ring is 1. The summed E-state index contributed by atoms with van der Waals surface area (Å²) in [7, 11) is 0. The van der Waals surface area contributed by atoms with Gasteiger partial charge in [-0.25, -0.2) is 0 Å². The van der Waals surface area contributed by atoms with Crippen LogP contribution < -0.4 is 5.73 Å². The molecule has 1 aliphatic rings. The van der Waals surface area contributed by atoms with Gasteiger partial charge in [0, 0.05) is 12.2 Å². The van der Waals surface area contributed by atoms with Gasteiger partial charge in [0.15, 0.2) is 0 Å². The molecule has 0 amide bonds. The van der Waals surface area contributed by atoms with E-state index in [4.69, 9.17) is 5.73 Å².